The number of nitrogens with zero attached hydrogens (tertiary/aromatic N) is 4. The number of aromatic nitrogens is 5. The topological polar surface area (TPSA) is 158 Å². The molecule has 0 bridgehead atoms. The van der Waals surface area contributed by atoms with Crippen molar-refractivity contribution in [1.82, 2.24) is 40.5 Å². The van der Waals surface area contributed by atoms with E-state index >= 15 is 0 Å². The average Bonchev–Trinajstić information content (AvgIpc) is 4.01. The van der Waals surface area contributed by atoms with Crippen molar-refractivity contribution in [2.45, 2.75) is 76.9 Å². The lowest BCUT2D eigenvalue weighted by Crippen LogP contribution is -2.51. The number of carbonyl (C=O) groups excluding carboxylic acids is 3. The van der Waals surface area contributed by atoms with Gasteiger partial charge in [0.15, 0.2) is 0 Å². The van der Waals surface area contributed by atoms with Gasteiger partial charge in [-0.05, 0) is 65.5 Å². The first-order valence-corrected chi connectivity index (χ1v) is 19.4. The first-order chi connectivity index (χ1) is 26.7. The third-order valence-corrected chi connectivity index (χ3v) is 11.1. The Morgan fingerprint density at radius 2 is 1.42 bits per heavy atom. The smallest absolute Gasteiger partial charge is 0.407 e. The lowest BCUT2D eigenvalue weighted by Gasteiger charge is -2.30. The molecule has 3 amide bonds. The van der Waals surface area contributed by atoms with Gasteiger partial charge >= 0.3 is 6.09 Å². The molecule has 55 heavy (non-hydrogen) atoms. The minimum atomic E-state index is -0.680. The summed E-state index contributed by atoms with van der Waals surface area (Å²) in [7, 11) is 1.29. The number of amides is 3. The Balaban J connectivity index is 0.984. The largest absolute Gasteiger partial charge is 0.453 e. The Kier molecular flexibility index (Phi) is 11.6. The van der Waals surface area contributed by atoms with Gasteiger partial charge in [-0.3, -0.25) is 9.59 Å². The number of ether oxygens (including phenoxy) is 1. The van der Waals surface area contributed by atoms with Crippen LogP contribution in [-0.2, 0) is 20.9 Å². The molecule has 286 valence electrons. The van der Waals surface area contributed by atoms with Crippen LogP contribution in [0, 0.1) is 11.8 Å². The summed E-state index contributed by atoms with van der Waals surface area (Å²) in [5.74, 6) is 1.28. The highest BCUT2D eigenvalue weighted by Crippen LogP contribution is 2.38. The van der Waals surface area contributed by atoms with Crippen molar-refractivity contribution >= 4 is 29.5 Å². The van der Waals surface area contributed by atoms with Crippen LogP contribution in [0.15, 0.2) is 79.3 Å². The number of nitrogens with one attached hydrogen (secondary N) is 4. The van der Waals surface area contributed by atoms with Crippen LogP contribution >= 0.6 is 11.6 Å². The predicted molar refractivity (Wildman–Crippen MR) is 211 cm³/mol. The quantitative estimate of drug-likeness (QED) is 0.1000. The van der Waals surface area contributed by atoms with Crippen LogP contribution in [0.2, 0.25) is 5.15 Å². The van der Waals surface area contributed by atoms with Crippen molar-refractivity contribution in [3.8, 4) is 33.6 Å². The first kappa shape index (κ1) is 37.8. The number of alkyl carbamates (subject to hydrolysis) is 1. The number of methoxy groups -OCH3 is 1. The van der Waals surface area contributed by atoms with E-state index < -0.39 is 12.1 Å². The Labute approximate surface area is 325 Å². The van der Waals surface area contributed by atoms with Crippen LogP contribution in [0.1, 0.15) is 81.5 Å². The van der Waals surface area contributed by atoms with E-state index in [2.05, 4.69) is 79.1 Å². The van der Waals surface area contributed by atoms with E-state index in [1.807, 2.05) is 37.2 Å². The van der Waals surface area contributed by atoms with Crippen molar-refractivity contribution in [1.29, 1.82) is 0 Å². The number of halogens is 1. The first-order valence-electron chi connectivity index (χ1n) is 19.0. The van der Waals surface area contributed by atoms with Gasteiger partial charge in [0.1, 0.15) is 22.8 Å². The third-order valence-electron chi connectivity index (χ3n) is 10.9. The van der Waals surface area contributed by atoms with E-state index in [1.54, 1.807) is 12.3 Å². The number of aromatic amines is 2. The number of hydrogen-bond donors (Lipinski definition) is 4. The van der Waals surface area contributed by atoms with Crippen LogP contribution < -0.4 is 10.6 Å². The number of H-pyrrole nitrogens is 2. The number of hydrogen-bond acceptors (Lipinski definition) is 7. The minimum Gasteiger partial charge on any atom is -0.453 e. The van der Waals surface area contributed by atoms with Gasteiger partial charge in [-0.25, -0.2) is 19.7 Å². The molecule has 4 N–H and O–H groups in total. The summed E-state index contributed by atoms with van der Waals surface area (Å²) in [6.45, 7) is 4.83. The highest BCUT2D eigenvalue weighted by atomic mass is 35.5. The number of pyridine rings is 1. The molecule has 0 spiro atoms. The molecule has 4 heterocycles. The summed E-state index contributed by atoms with van der Waals surface area (Å²) in [5.41, 5.74) is 6.88. The van der Waals surface area contributed by atoms with Gasteiger partial charge in [-0.2, -0.15) is 0 Å². The lowest BCUT2D eigenvalue weighted by molar-refractivity contribution is -0.135. The molecule has 1 aliphatic heterocycles. The number of rotatable bonds is 11. The van der Waals surface area contributed by atoms with Crippen LogP contribution in [0.5, 0.6) is 0 Å². The molecule has 3 aromatic heterocycles. The standard InChI is InChI=1S/C42H47ClN8O4/c1-25(2)37(50-42(54)55-3)41(53)51-20-6-9-35(51)39-46-24-34(49-39)30-17-13-28(14-18-30)27-11-15-29(16-12-27)33-23-45-38(48-33)31-7-4-5-8-32(31)40(52)47-22-26-10-19-36(43)44-21-26/h10-19,21,23-25,31-32,35,37H,4-9,20,22H2,1-3H3,(H,45,48)(H,46,49)(H,47,52)(H,50,54)/t31-,32-,35-,37?/m0/s1. The zero-order chi connectivity index (χ0) is 38.5. The second kappa shape index (κ2) is 16.9. The molecule has 0 radical (unpaired) electrons. The average molecular weight is 763 g/mol. The van der Waals surface area contributed by atoms with Gasteiger partial charge in [0.2, 0.25) is 11.8 Å². The van der Waals surface area contributed by atoms with E-state index in [4.69, 9.17) is 21.3 Å². The highest BCUT2D eigenvalue weighted by molar-refractivity contribution is 6.29. The number of benzene rings is 2. The number of likely N-dealkylation sites (tertiary alicyclic amines) is 1. The molecular formula is C42H47ClN8O4. The predicted octanol–water partition coefficient (Wildman–Crippen LogP) is 7.82. The Bertz CT molecular complexity index is 2090. The fourth-order valence-corrected chi connectivity index (χ4v) is 7.92. The van der Waals surface area contributed by atoms with Crippen LogP contribution in [0.3, 0.4) is 0 Å². The summed E-state index contributed by atoms with van der Waals surface area (Å²) < 4.78 is 4.76. The fourth-order valence-electron chi connectivity index (χ4n) is 7.81. The second-order valence-corrected chi connectivity index (χ2v) is 15.2. The monoisotopic (exact) mass is 762 g/mol. The van der Waals surface area contributed by atoms with Gasteiger partial charge in [-0.15, -0.1) is 0 Å². The van der Waals surface area contributed by atoms with Gasteiger partial charge in [0, 0.05) is 31.1 Å². The summed E-state index contributed by atoms with van der Waals surface area (Å²) >= 11 is 5.91. The molecule has 5 aromatic rings. The highest BCUT2D eigenvalue weighted by Gasteiger charge is 2.38. The number of carbonyl (C=O) groups is 3. The second-order valence-electron chi connectivity index (χ2n) is 14.8. The van der Waals surface area contributed by atoms with Gasteiger partial charge in [-0.1, -0.05) is 92.9 Å². The minimum absolute atomic E-state index is 0.0294. The molecule has 1 unspecified atom stereocenters. The molecule has 2 aromatic carbocycles. The zero-order valence-corrected chi connectivity index (χ0v) is 32.1. The number of imidazole rings is 2. The normalized spacial score (nSPS) is 18.9. The van der Waals surface area contributed by atoms with Gasteiger partial charge in [0.25, 0.3) is 0 Å². The van der Waals surface area contributed by atoms with E-state index in [-0.39, 0.29) is 35.6 Å². The molecular weight excluding hydrogens is 716 g/mol. The maximum atomic E-state index is 13.5. The van der Waals surface area contributed by atoms with Gasteiger partial charge in [0.05, 0.1) is 36.9 Å². The molecule has 12 nitrogen and oxygen atoms in total. The fraction of sp³-hybridized carbons (Fsp3) is 0.381. The van der Waals surface area contributed by atoms with E-state index in [0.29, 0.717) is 18.2 Å². The lowest BCUT2D eigenvalue weighted by atomic mass is 9.78. The van der Waals surface area contributed by atoms with E-state index in [9.17, 15) is 14.4 Å². The molecule has 1 saturated carbocycles. The molecule has 1 saturated heterocycles. The van der Waals surface area contributed by atoms with Gasteiger partial charge < -0.3 is 30.2 Å². The van der Waals surface area contributed by atoms with Crippen LogP contribution in [0.4, 0.5) is 4.79 Å². The molecule has 2 fully saturated rings. The van der Waals surface area contributed by atoms with E-state index in [1.165, 1.54) is 7.11 Å². The van der Waals surface area contributed by atoms with Crippen LogP contribution in [0.25, 0.3) is 33.6 Å². The van der Waals surface area contributed by atoms with Crippen LogP contribution in [-0.4, -0.2) is 67.4 Å². The maximum Gasteiger partial charge on any atom is 0.407 e. The van der Waals surface area contributed by atoms with Crippen molar-refractivity contribution in [3.63, 3.8) is 0 Å². The Morgan fingerprint density at radius 3 is 2.04 bits per heavy atom. The molecule has 1 aliphatic carbocycles. The van der Waals surface area contributed by atoms with E-state index in [0.717, 1.165) is 89.4 Å². The maximum absolute atomic E-state index is 13.5. The summed E-state index contributed by atoms with van der Waals surface area (Å²) in [5, 5.41) is 6.22. The third kappa shape index (κ3) is 8.59. The summed E-state index contributed by atoms with van der Waals surface area (Å²) in [6.07, 6.45) is 10.2. The molecule has 13 heteroatoms. The summed E-state index contributed by atoms with van der Waals surface area (Å²) in [6, 6.07) is 19.4. The van der Waals surface area contributed by atoms with Crippen molar-refractivity contribution in [3.05, 3.63) is 102 Å². The molecule has 4 atom stereocenters. The zero-order valence-electron chi connectivity index (χ0n) is 31.3. The molecule has 2 aliphatic rings. The summed E-state index contributed by atoms with van der Waals surface area (Å²) in [4.78, 5) is 61.1. The SMILES string of the molecule is COC(=O)NC(C(=O)N1CCC[C@H]1c1ncc(-c2ccc(-c3ccc(-c4cnc([C@H]5CCCC[C@@H]5C(=O)NCc5ccc(Cl)nc5)[nH]4)cc3)cc2)[nH]1)C(C)C. The Hall–Kier alpha value is -5.49. The van der Waals surface area contributed by atoms with Crippen molar-refractivity contribution < 1.29 is 19.1 Å². The van der Waals surface area contributed by atoms with Crippen molar-refractivity contribution in [2.75, 3.05) is 13.7 Å². The Morgan fingerprint density at radius 1 is 0.800 bits per heavy atom. The molecule has 7 rings (SSSR count). The van der Waals surface area contributed by atoms with Crippen molar-refractivity contribution in [2.24, 2.45) is 11.8 Å².